The predicted octanol–water partition coefficient (Wildman–Crippen LogP) is 8.34. The molecule has 0 spiro atoms. The van der Waals surface area contributed by atoms with Crippen LogP contribution in [0.3, 0.4) is 0 Å². The van der Waals surface area contributed by atoms with E-state index in [2.05, 4.69) is 60.1 Å². The largest absolute Gasteiger partial charge is 0.494 e. The number of halogens is 2. The van der Waals surface area contributed by atoms with E-state index in [1.807, 2.05) is 30.0 Å². The van der Waals surface area contributed by atoms with Gasteiger partial charge in [0.05, 0.1) is 12.6 Å². The first-order chi connectivity index (χ1) is 19.0. The number of benzene rings is 3. The summed E-state index contributed by atoms with van der Waals surface area (Å²) in [7, 11) is 0. The van der Waals surface area contributed by atoms with Crippen molar-refractivity contribution in [3.8, 4) is 11.5 Å². The molecular formula is C31H34Cl2N2O3S. The van der Waals surface area contributed by atoms with Gasteiger partial charge in [-0.05, 0) is 89.6 Å². The van der Waals surface area contributed by atoms with Crippen LogP contribution in [-0.2, 0) is 11.2 Å². The molecule has 1 atom stereocenters. The molecule has 0 bridgehead atoms. The normalized spacial score (nSPS) is 15.6. The lowest BCUT2D eigenvalue weighted by Gasteiger charge is -2.35. The zero-order chi connectivity index (χ0) is 27.2. The molecule has 5 nitrogen and oxygen atoms in total. The predicted molar refractivity (Wildman–Crippen MR) is 163 cm³/mol. The SMILES string of the molecule is CC(C)SCCCOc1ccc(C2c3[nH]c4ccc(Cl)cc4c3CCN2COCOc2ccc(Cl)cc2)cc1. The maximum Gasteiger partial charge on any atom is 0.190 e. The highest BCUT2D eigenvalue weighted by molar-refractivity contribution is 7.99. The fourth-order valence-corrected chi connectivity index (χ4v) is 5.99. The van der Waals surface area contributed by atoms with E-state index < -0.39 is 0 Å². The van der Waals surface area contributed by atoms with Crippen LogP contribution in [0.4, 0.5) is 0 Å². The number of thioether (sulfide) groups is 1. The van der Waals surface area contributed by atoms with E-state index in [0.29, 0.717) is 17.0 Å². The molecule has 0 aliphatic carbocycles. The van der Waals surface area contributed by atoms with Crippen molar-refractivity contribution in [3.05, 3.63) is 93.6 Å². The summed E-state index contributed by atoms with van der Waals surface area (Å²) in [5.41, 5.74) is 4.77. The number of fused-ring (bicyclic) bond motifs is 3. The number of hydrogen-bond donors (Lipinski definition) is 1. The summed E-state index contributed by atoms with van der Waals surface area (Å²) in [5.74, 6) is 2.73. The Bertz CT molecular complexity index is 1360. The lowest BCUT2D eigenvalue weighted by Crippen LogP contribution is -2.38. The Kier molecular flexibility index (Phi) is 9.64. The van der Waals surface area contributed by atoms with Crippen molar-refractivity contribution >= 4 is 45.9 Å². The van der Waals surface area contributed by atoms with Gasteiger partial charge < -0.3 is 19.2 Å². The van der Waals surface area contributed by atoms with Crippen LogP contribution in [0.25, 0.3) is 10.9 Å². The lowest BCUT2D eigenvalue weighted by molar-refractivity contribution is -0.0534. The third kappa shape index (κ3) is 7.24. The van der Waals surface area contributed by atoms with E-state index in [1.54, 1.807) is 12.1 Å². The van der Waals surface area contributed by atoms with Gasteiger partial charge in [-0.2, -0.15) is 11.8 Å². The maximum atomic E-state index is 6.36. The highest BCUT2D eigenvalue weighted by Crippen LogP contribution is 2.39. The molecule has 0 fully saturated rings. The van der Waals surface area contributed by atoms with E-state index in [0.717, 1.165) is 53.8 Å². The second-order valence-corrected chi connectivity index (χ2v) is 12.5. The average molecular weight is 586 g/mol. The molecule has 5 rings (SSSR count). The first-order valence-electron chi connectivity index (χ1n) is 13.3. The van der Waals surface area contributed by atoms with Gasteiger partial charge in [0.2, 0.25) is 0 Å². The second kappa shape index (κ2) is 13.3. The molecule has 0 radical (unpaired) electrons. The van der Waals surface area contributed by atoms with E-state index >= 15 is 0 Å². The van der Waals surface area contributed by atoms with Crippen LogP contribution in [0, 0.1) is 0 Å². The van der Waals surface area contributed by atoms with E-state index in [-0.39, 0.29) is 12.8 Å². The Balaban J connectivity index is 1.30. The van der Waals surface area contributed by atoms with Crippen LogP contribution in [0.15, 0.2) is 66.7 Å². The molecule has 0 amide bonds. The van der Waals surface area contributed by atoms with E-state index in [9.17, 15) is 0 Å². The zero-order valence-corrected chi connectivity index (χ0v) is 24.6. The Hall–Kier alpha value is -2.35. The summed E-state index contributed by atoms with van der Waals surface area (Å²) in [4.78, 5) is 6.02. The molecule has 1 aliphatic rings. The molecule has 1 aromatic heterocycles. The number of aromatic nitrogens is 1. The molecule has 2 heterocycles. The maximum absolute atomic E-state index is 6.36. The third-order valence-corrected chi connectivity index (χ3v) is 8.45. The number of aromatic amines is 1. The van der Waals surface area contributed by atoms with Crippen molar-refractivity contribution < 1.29 is 14.2 Å². The molecule has 0 saturated heterocycles. The molecule has 1 aliphatic heterocycles. The topological polar surface area (TPSA) is 46.7 Å². The Labute approximate surface area is 244 Å². The van der Waals surface area contributed by atoms with Gasteiger partial charge in [0.25, 0.3) is 0 Å². The summed E-state index contributed by atoms with van der Waals surface area (Å²) >= 11 is 14.3. The number of H-pyrrole nitrogens is 1. The molecule has 1 N–H and O–H groups in total. The highest BCUT2D eigenvalue weighted by Gasteiger charge is 2.32. The molecular weight excluding hydrogens is 551 g/mol. The molecule has 0 saturated carbocycles. The molecule has 1 unspecified atom stereocenters. The third-order valence-electron chi connectivity index (χ3n) is 6.77. The quantitative estimate of drug-likeness (QED) is 0.134. The van der Waals surface area contributed by atoms with Gasteiger partial charge in [0.1, 0.15) is 18.2 Å². The number of nitrogens with one attached hydrogen (secondary N) is 1. The number of ether oxygens (including phenoxy) is 3. The Morgan fingerprint density at radius 3 is 2.44 bits per heavy atom. The Morgan fingerprint density at radius 1 is 0.949 bits per heavy atom. The number of rotatable bonds is 12. The van der Waals surface area contributed by atoms with Gasteiger partial charge in [-0.3, -0.25) is 4.90 Å². The van der Waals surface area contributed by atoms with Crippen LogP contribution in [-0.4, -0.2) is 47.6 Å². The summed E-state index contributed by atoms with van der Waals surface area (Å²) in [6, 6.07) is 21.8. The van der Waals surface area contributed by atoms with Gasteiger partial charge in [-0.1, -0.05) is 49.2 Å². The van der Waals surface area contributed by atoms with Crippen LogP contribution >= 0.6 is 35.0 Å². The summed E-state index contributed by atoms with van der Waals surface area (Å²) in [5, 5.41) is 3.27. The van der Waals surface area contributed by atoms with Gasteiger partial charge in [0, 0.05) is 33.2 Å². The van der Waals surface area contributed by atoms with Crippen LogP contribution < -0.4 is 9.47 Å². The minimum atomic E-state index is 0.00643. The van der Waals surface area contributed by atoms with E-state index in [4.69, 9.17) is 37.4 Å². The van der Waals surface area contributed by atoms with E-state index in [1.165, 1.54) is 22.2 Å². The summed E-state index contributed by atoms with van der Waals surface area (Å²) in [6.45, 7) is 6.61. The molecule has 206 valence electrons. The zero-order valence-electron chi connectivity index (χ0n) is 22.3. The summed E-state index contributed by atoms with van der Waals surface area (Å²) in [6.07, 6.45) is 1.95. The second-order valence-electron chi connectivity index (χ2n) is 9.91. The molecule has 4 aromatic rings. The van der Waals surface area contributed by atoms with Crippen molar-refractivity contribution in [2.24, 2.45) is 0 Å². The van der Waals surface area contributed by atoms with Crippen molar-refractivity contribution in [2.75, 3.05) is 32.4 Å². The Morgan fingerprint density at radius 2 is 1.67 bits per heavy atom. The van der Waals surface area contributed by atoms with Gasteiger partial charge in [0.15, 0.2) is 6.79 Å². The molecule has 39 heavy (non-hydrogen) atoms. The lowest BCUT2D eigenvalue weighted by atomic mass is 9.93. The smallest absolute Gasteiger partial charge is 0.190 e. The van der Waals surface area contributed by atoms with Crippen LogP contribution in [0.5, 0.6) is 11.5 Å². The van der Waals surface area contributed by atoms with Crippen molar-refractivity contribution in [1.29, 1.82) is 0 Å². The molecule has 3 aromatic carbocycles. The standard InChI is InChI=1S/C31H34Cl2N2O3S/c1-21(2)39-17-3-16-37-25-9-4-22(5-10-25)31-30-27(28-18-24(33)8-13-29(28)34-30)14-15-35(31)19-36-20-38-26-11-6-23(32)7-12-26/h4-13,18,21,31,34H,3,14-17,19-20H2,1-2H3. The monoisotopic (exact) mass is 584 g/mol. The van der Waals surface area contributed by atoms with Gasteiger partial charge in [-0.25, -0.2) is 0 Å². The summed E-state index contributed by atoms with van der Waals surface area (Å²) < 4.78 is 17.8. The average Bonchev–Trinajstić information content (AvgIpc) is 3.29. The fraction of sp³-hybridized carbons (Fsp3) is 0.355. The minimum absolute atomic E-state index is 0.00643. The first-order valence-corrected chi connectivity index (χ1v) is 15.1. The minimum Gasteiger partial charge on any atom is -0.494 e. The van der Waals surface area contributed by atoms with Gasteiger partial charge >= 0.3 is 0 Å². The highest BCUT2D eigenvalue weighted by atomic mass is 35.5. The van der Waals surface area contributed by atoms with Crippen molar-refractivity contribution in [2.45, 2.75) is 38.0 Å². The number of hydrogen-bond acceptors (Lipinski definition) is 5. The first kappa shape index (κ1) is 28.2. The number of nitrogens with zero attached hydrogens (tertiary/aromatic N) is 1. The molecule has 8 heteroatoms. The van der Waals surface area contributed by atoms with Crippen molar-refractivity contribution in [1.82, 2.24) is 9.88 Å². The van der Waals surface area contributed by atoms with Gasteiger partial charge in [-0.15, -0.1) is 0 Å². The fourth-order valence-electron chi connectivity index (χ4n) is 4.94. The van der Waals surface area contributed by atoms with Crippen molar-refractivity contribution in [3.63, 3.8) is 0 Å². The van der Waals surface area contributed by atoms with Crippen LogP contribution in [0.2, 0.25) is 10.0 Å². The van der Waals surface area contributed by atoms with Crippen LogP contribution in [0.1, 0.15) is 43.1 Å².